The van der Waals surface area contributed by atoms with Crippen LogP contribution in [0.25, 0.3) is 17.2 Å². The Kier molecular flexibility index (Phi) is 3.77. The van der Waals surface area contributed by atoms with E-state index < -0.39 is 16.6 Å². The number of aromatic amines is 1. The fourth-order valence-electron chi connectivity index (χ4n) is 1.94. The maximum Gasteiger partial charge on any atom is 0.417 e. The molecule has 3 rings (SSSR count). The van der Waals surface area contributed by atoms with Gasteiger partial charge < -0.3 is 9.73 Å². The first-order valence-corrected chi connectivity index (χ1v) is 7.20. The SMILES string of the molecule is O=C(/C=C/c1ccc([N+](=O)[O-])s1)Nc1cccc2oc(=O)[nH]c12. The second-order valence-electron chi connectivity index (χ2n) is 4.45. The van der Waals surface area contributed by atoms with Crippen LogP contribution in [0.3, 0.4) is 0 Å². The van der Waals surface area contributed by atoms with Crippen LogP contribution in [0.4, 0.5) is 10.7 Å². The van der Waals surface area contributed by atoms with Crippen molar-refractivity contribution in [3.63, 3.8) is 0 Å². The molecule has 0 fully saturated rings. The molecule has 116 valence electrons. The van der Waals surface area contributed by atoms with E-state index in [9.17, 15) is 19.7 Å². The van der Waals surface area contributed by atoms with Crippen LogP contribution in [-0.4, -0.2) is 15.8 Å². The highest BCUT2D eigenvalue weighted by Gasteiger charge is 2.09. The predicted molar refractivity (Wildman–Crippen MR) is 85.5 cm³/mol. The van der Waals surface area contributed by atoms with E-state index in [4.69, 9.17) is 4.42 Å². The number of nitrogens with zero attached hydrogens (tertiary/aromatic N) is 1. The first-order chi connectivity index (χ1) is 11.0. The zero-order valence-electron chi connectivity index (χ0n) is 11.4. The van der Waals surface area contributed by atoms with Gasteiger partial charge in [0.1, 0.15) is 5.52 Å². The number of hydrogen-bond acceptors (Lipinski definition) is 6. The van der Waals surface area contributed by atoms with Crippen molar-refractivity contribution < 1.29 is 14.1 Å². The maximum absolute atomic E-state index is 11.9. The molecule has 8 nitrogen and oxygen atoms in total. The van der Waals surface area contributed by atoms with Crippen LogP contribution in [0.1, 0.15) is 4.88 Å². The fraction of sp³-hybridized carbons (Fsp3) is 0. The Bertz CT molecular complexity index is 982. The van der Waals surface area contributed by atoms with Gasteiger partial charge in [0.25, 0.3) is 0 Å². The molecule has 0 saturated heterocycles. The van der Waals surface area contributed by atoms with Crippen LogP contribution in [-0.2, 0) is 4.79 Å². The molecule has 0 spiro atoms. The van der Waals surface area contributed by atoms with Gasteiger partial charge in [-0.05, 0) is 24.3 Å². The summed E-state index contributed by atoms with van der Waals surface area (Å²) in [4.78, 5) is 36.3. The number of fused-ring (bicyclic) bond motifs is 1. The number of anilines is 1. The number of rotatable bonds is 4. The van der Waals surface area contributed by atoms with Gasteiger partial charge in [0.15, 0.2) is 5.58 Å². The summed E-state index contributed by atoms with van der Waals surface area (Å²) in [6.07, 6.45) is 2.73. The predicted octanol–water partition coefficient (Wildman–Crippen LogP) is 2.74. The van der Waals surface area contributed by atoms with E-state index in [0.29, 0.717) is 21.7 Å². The molecule has 0 atom stereocenters. The number of carbonyl (C=O) groups is 1. The van der Waals surface area contributed by atoms with Gasteiger partial charge in [-0.2, -0.15) is 0 Å². The van der Waals surface area contributed by atoms with Crippen LogP contribution < -0.4 is 11.1 Å². The number of hydrogen-bond donors (Lipinski definition) is 2. The third-order valence-corrected chi connectivity index (χ3v) is 3.91. The summed E-state index contributed by atoms with van der Waals surface area (Å²) in [6.45, 7) is 0. The molecule has 0 bridgehead atoms. The molecule has 2 aromatic heterocycles. The van der Waals surface area contributed by atoms with Gasteiger partial charge in [0.05, 0.1) is 10.6 Å². The van der Waals surface area contributed by atoms with Crippen LogP contribution in [0.2, 0.25) is 0 Å². The average Bonchev–Trinajstić information content (AvgIpc) is 3.11. The highest BCUT2D eigenvalue weighted by molar-refractivity contribution is 7.16. The Balaban J connectivity index is 1.76. The number of amides is 1. The summed E-state index contributed by atoms with van der Waals surface area (Å²) in [7, 11) is 0. The molecule has 0 aliphatic carbocycles. The number of nitro groups is 1. The molecule has 0 aliphatic heterocycles. The molecule has 1 aromatic carbocycles. The number of aromatic nitrogens is 1. The minimum atomic E-state index is -0.608. The normalized spacial score (nSPS) is 11.1. The molecule has 0 saturated carbocycles. The molecule has 2 N–H and O–H groups in total. The smallest absolute Gasteiger partial charge is 0.408 e. The van der Waals surface area contributed by atoms with Gasteiger partial charge in [0, 0.05) is 17.0 Å². The molecule has 23 heavy (non-hydrogen) atoms. The lowest BCUT2D eigenvalue weighted by atomic mass is 10.2. The number of thiophene rings is 1. The van der Waals surface area contributed by atoms with Gasteiger partial charge in [-0.3, -0.25) is 19.9 Å². The van der Waals surface area contributed by atoms with Gasteiger partial charge in [0.2, 0.25) is 5.91 Å². The standard InChI is InChI=1S/C14H9N3O5S/c18-11(6-4-8-5-7-12(23-8)17(20)21)15-9-2-1-3-10-13(9)16-14(19)22-10/h1-7H,(H,15,18)(H,16,19)/b6-4+. The largest absolute Gasteiger partial charge is 0.417 e. The van der Waals surface area contributed by atoms with Crippen molar-refractivity contribution in [2.75, 3.05) is 5.32 Å². The van der Waals surface area contributed by atoms with Crippen LogP contribution in [0.5, 0.6) is 0 Å². The van der Waals surface area contributed by atoms with Gasteiger partial charge in [-0.1, -0.05) is 17.4 Å². The first kappa shape index (κ1) is 14.7. The summed E-state index contributed by atoms with van der Waals surface area (Å²) >= 11 is 0.967. The number of H-pyrrole nitrogens is 1. The molecule has 2 heterocycles. The maximum atomic E-state index is 11.9. The van der Waals surface area contributed by atoms with E-state index in [1.54, 1.807) is 24.3 Å². The lowest BCUT2D eigenvalue weighted by molar-refractivity contribution is -0.380. The van der Waals surface area contributed by atoms with Crippen molar-refractivity contribution in [1.82, 2.24) is 4.98 Å². The van der Waals surface area contributed by atoms with Crippen molar-refractivity contribution >= 4 is 45.1 Å². The van der Waals surface area contributed by atoms with Gasteiger partial charge in [-0.25, -0.2) is 4.79 Å². The minimum Gasteiger partial charge on any atom is -0.408 e. The topological polar surface area (TPSA) is 118 Å². The Hall–Kier alpha value is -3.20. The van der Waals surface area contributed by atoms with E-state index in [1.807, 2.05) is 0 Å². The zero-order chi connectivity index (χ0) is 16.4. The van der Waals surface area contributed by atoms with Crippen molar-refractivity contribution in [2.45, 2.75) is 0 Å². The van der Waals surface area contributed by atoms with Gasteiger partial charge >= 0.3 is 10.8 Å². The molecule has 9 heteroatoms. The average molecular weight is 331 g/mol. The van der Waals surface area contributed by atoms with E-state index in [0.717, 1.165) is 11.3 Å². The second kappa shape index (κ2) is 5.89. The molecule has 0 unspecified atom stereocenters. The lowest BCUT2D eigenvalue weighted by Crippen LogP contribution is -2.08. The highest BCUT2D eigenvalue weighted by Crippen LogP contribution is 2.25. The summed E-state index contributed by atoms with van der Waals surface area (Å²) in [5.41, 5.74) is 1.14. The van der Waals surface area contributed by atoms with Crippen LogP contribution in [0, 0.1) is 10.1 Å². The third-order valence-electron chi connectivity index (χ3n) is 2.91. The van der Waals surface area contributed by atoms with E-state index in [-0.39, 0.29) is 5.00 Å². The minimum absolute atomic E-state index is 0.00537. The lowest BCUT2D eigenvalue weighted by Gasteiger charge is -2.02. The number of carbonyl (C=O) groups excluding carboxylic acids is 1. The first-order valence-electron chi connectivity index (χ1n) is 6.38. The summed E-state index contributed by atoms with van der Waals surface area (Å²) in [5.74, 6) is -1.04. The van der Waals surface area contributed by atoms with Crippen LogP contribution >= 0.6 is 11.3 Å². The monoisotopic (exact) mass is 331 g/mol. The third kappa shape index (κ3) is 3.19. The summed E-state index contributed by atoms with van der Waals surface area (Å²) in [6, 6.07) is 7.79. The van der Waals surface area contributed by atoms with Crippen molar-refractivity contribution in [3.8, 4) is 0 Å². The van der Waals surface area contributed by atoms with E-state index in [1.165, 1.54) is 18.2 Å². The quantitative estimate of drug-likeness (QED) is 0.433. The van der Waals surface area contributed by atoms with Crippen molar-refractivity contribution in [1.29, 1.82) is 0 Å². The summed E-state index contributed by atoms with van der Waals surface area (Å²) in [5, 5.41) is 13.2. The molecule has 0 radical (unpaired) electrons. The van der Waals surface area contributed by atoms with Crippen LogP contribution in [0.15, 0.2) is 45.6 Å². The van der Waals surface area contributed by atoms with Crippen molar-refractivity contribution in [2.24, 2.45) is 0 Å². The fourth-order valence-corrected chi connectivity index (χ4v) is 2.66. The number of benzene rings is 1. The number of para-hydroxylation sites is 1. The highest BCUT2D eigenvalue weighted by atomic mass is 32.1. The second-order valence-corrected chi connectivity index (χ2v) is 5.54. The van der Waals surface area contributed by atoms with Gasteiger partial charge in [-0.15, -0.1) is 0 Å². The molecular formula is C14H9N3O5S. The Labute approximate surface area is 132 Å². The van der Waals surface area contributed by atoms with E-state index in [2.05, 4.69) is 10.3 Å². The Morgan fingerprint density at radius 1 is 1.35 bits per heavy atom. The van der Waals surface area contributed by atoms with Crippen molar-refractivity contribution in [3.05, 3.63) is 61.9 Å². The Morgan fingerprint density at radius 3 is 2.91 bits per heavy atom. The molecule has 0 aliphatic rings. The number of nitrogens with one attached hydrogen (secondary N) is 2. The molecular weight excluding hydrogens is 322 g/mol. The number of oxazole rings is 1. The Morgan fingerprint density at radius 2 is 2.17 bits per heavy atom. The molecule has 1 amide bonds. The summed E-state index contributed by atoms with van der Waals surface area (Å²) < 4.78 is 4.90. The molecule has 3 aromatic rings. The zero-order valence-corrected chi connectivity index (χ0v) is 12.3. The van der Waals surface area contributed by atoms with E-state index >= 15 is 0 Å².